The van der Waals surface area contributed by atoms with E-state index in [-0.39, 0.29) is 29.3 Å². The summed E-state index contributed by atoms with van der Waals surface area (Å²) in [6, 6.07) is 13.6. The molecule has 152 valence electrons. The van der Waals surface area contributed by atoms with Gasteiger partial charge in [0.25, 0.3) is 15.9 Å². The van der Waals surface area contributed by atoms with E-state index in [1.54, 1.807) is 48.5 Å². The maximum absolute atomic E-state index is 12.8. The summed E-state index contributed by atoms with van der Waals surface area (Å²) in [6.45, 7) is 3.73. The summed E-state index contributed by atoms with van der Waals surface area (Å²) in [5.74, 6) is -0.127. The topological polar surface area (TPSA) is 78.5 Å². The van der Waals surface area contributed by atoms with E-state index in [0.29, 0.717) is 11.3 Å². The number of amides is 1. The van der Waals surface area contributed by atoms with Gasteiger partial charge in [-0.05, 0) is 69.3 Å². The number of nitrogens with one attached hydrogen (secondary N) is 2. The Morgan fingerprint density at radius 1 is 1.04 bits per heavy atom. The Hall–Kier alpha value is -2.09. The van der Waals surface area contributed by atoms with Crippen LogP contribution in [-0.4, -0.2) is 40.5 Å². The van der Waals surface area contributed by atoms with Gasteiger partial charge in [-0.2, -0.15) is 0 Å². The van der Waals surface area contributed by atoms with Crippen molar-refractivity contribution in [2.24, 2.45) is 0 Å². The van der Waals surface area contributed by atoms with Crippen LogP contribution in [0.3, 0.4) is 0 Å². The molecule has 0 saturated carbocycles. The van der Waals surface area contributed by atoms with Gasteiger partial charge in [-0.15, -0.1) is 12.4 Å². The van der Waals surface area contributed by atoms with E-state index < -0.39 is 10.0 Å². The van der Waals surface area contributed by atoms with Crippen LogP contribution >= 0.6 is 12.4 Å². The number of sulfonamides is 1. The normalized spacial score (nSPS) is 14.8. The number of aryl methyl sites for hydroxylation is 1. The quantitative estimate of drug-likeness (QED) is 0.775. The summed E-state index contributed by atoms with van der Waals surface area (Å²) in [5, 5.41) is 6.30. The van der Waals surface area contributed by atoms with Gasteiger partial charge in [0, 0.05) is 18.7 Å². The van der Waals surface area contributed by atoms with Crippen LogP contribution in [0.15, 0.2) is 53.4 Å². The van der Waals surface area contributed by atoms with Crippen LogP contribution in [0.25, 0.3) is 0 Å². The molecule has 0 aromatic heterocycles. The number of halogens is 1. The third-order valence-electron chi connectivity index (χ3n) is 4.85. The fourth-order valence-corrected chi connectivity index (χ4v) is 4.26. The van der Waals surface area contributed by atoms with Crippen molar-refractivity contribution in [3.63, 3.8) is 0 Å². The molecule has 1 fully saturated rings. The highest BCUT2D eigenvalue weighted by atomic mass is 35.5. The number of carbonyl (C=O) groups is 1. The van der Waals surface area contributed by atoms with Crippen molar-refractivity contribution >= 4 is 34.0 Å². The van der Waals surface area contributed by atoms with Crippen LogP contribution in [-0.2, 0) is 10.0 Å². The molecular formula is C20H26ClN3O3S. The Balaban J connectivity index is 0.00000280. The lowest BCUT2D eigenvalue weighted by atomic mass is 10.1. The first-order chi connectivity index (χ1) is 12.9. The molecule has 6 nitrogen and oxygen atoms in total. The van der Waals surface area contributed by atoms with E-state index >= 15 is 0 Å². The number of hydrogen-bond acceptors (Lipinski definition) is 4. The highest BCUT2D eigenvalue weighted by Gasteiger charge is 2.22. The molecule has 2 aromatic carbocycles. The minimum Gasteiger partial charge on any atom is -0.349 e. The van der Waals surface area contributed by atoms with E-state index in [9.17, 15) is 13.2 Å². The first kappa shape index (κ1) is 22.2. The van der Waals surface area contributed by atoms with Crippen molar-refractivity contribution in [2.45, 2.75) is 30.7 Å². The highest BCUT2D eigenvalue weighted by molar-refractivity contribution is 7.92. The van der Waals surface area contributed by atoms with Gasteiger partial charge < -0.3 is 10.6 Å². The molecule has 1 saturated heterocycles. The lowest BCUT2D eigenvalue weighted by molar-refractivity contribution is 0.0929. The average molecular weight is 424 g/mol. The second-order valence-corrected chi connectivity index (χ2v) is 8.80. The maximum atomic E-state index is 12.8. The predicted octanol–water partition coefficient (Wildman–Crippen LogP) is 2.72. The van der Waals surface area contributed by atoms with Gasteiger partial charge in [0.15, 0.2) is 0 Å². The van der Waals surface area contributed by atoms with E-state index in [0.717, 1.165) is 31.5 Å². The van der Waals surface area contributed by atoms with Crippen molar-refractivity contribution in [1.82, 2.24) is 10.6 Å². The van der Waals surface area contributed by atoms with Gasteiger partial charge in [0.05, 0.1) is 10.6 Å². The first-order valence-corrected chi connectivity index (χ1v) is 10.5. The van der Waals surface area contributed by atoms with E-state index in [2.05, 4.69) is 10.6 Å². The molecule has 0 aliphatic carbocycles. The van der Waals surface area contributed by atoms with Crippen molar-refractivity contribution in [3.8, 4) is 0 Å². The summed E-state index contributed by atoms with van der Waals surface area (Å²) in [7, 11) is -2.13. The van der Waals surface area contributed by atoms with Gasteiger partial charge in [-0.25, -0.2) is 8.42 Å². The number of benzene rings is 2. The van der Waals surface area contributed by atoms with Gasteiger partial charge in [0.1, 0.15) is 0 Å². The largest absolute Gasteiger partial charge is 0.349 e. The molecule has 0 atom stereocenters. The summed E-state index contributed by atoms with van der Waals surface area (Å²) in [4.78, 5) is 12.6. The molecule has 0 unspecified atom stereocenters. The second kappa shape index (κ2) is 9.41. The lowest BCUT2D eigenvalue weighted by Crippen LogP contribution is -2.42. The van der Waals surface area contributed by atoms with Crippen LogP contribution in [0.2, 0.25) is 0 Å². The molecule has 2 aromatic rings. The molecule has 8 heteroatoms. The lowest BCUT2D eigenvalue weighted by Gasteiger charge is -2.24. The summed E-state index contributed by atoms with van der Waals surface area (Å²) < 4.78 is 26.8. The van der Waals surface area contributed by atoms with Crippen LogP contribution in [0.4, 0.5) is 5.69 Å². The highest BCUT2D eigenvalue weighted by Crippen LogP contribution is 2.22. The third kappa shape index (κ3) is 5.04. The van der Waals surface area contributed by atoms with Crippen molar-refractivity contribution in [3.05, 3.63) is 59.7 Å². The number of piperidine rings is 1. The fraction of sp³-hybridized carbons (Fsp3) is 0.350. The molecule has 3 rings (SSSR count). The first-order valence-electron chi connectivity index (χ1n) is 9.05. The van der Waals surface area contributed by atoms with Crippen LogP contribution in [0, 0.1) is 6.92 Å². The molecule has 2 N–H and O–H groups in total. The average Bonchev–Trinajstić information content (AvgIpc) is 2.68. The number of hydrogen-bond donors (Lipinski definition) is 2. The monoisotopic (exact) mass is 423 g/mol. The Bertz CT molecular complexity index is 893. The van der Waals surface area contributed by atoms with Gasteiger partial charge in [-0.3, -0.25) is 9.10 Å². The van der Waals surface area contributed by atoms with Crippen molar-refractivity contribution in [2.75, 3.05) is 24.4 Å². The zero-order valence-corrected chi connectivity index (χ0v) is 17.6. The summed E-state index contributed by atoms with van der Waals surface area (Å²) in [5.41, 5.74) is 2.04. The molecule has 0 radical (unpaired) electrons. The van der Waals surface area contributed by atoms with Gasteiger partial charge >= 0.3 is 0 Å². The fourth-order valence-electron chi connectivity index (χ4n) is 3.06. The molecular weight excluding hydrogens is 398 g/mol. The number of nitrogens with zero attached hydrogens (tertiary/aromatic N) is 1. The maximum Gasteiger partial charge on any atom is 0.264 e. The third-order valence-corrected chi connectivity index (χ3v) is 6.65. The van der Waals surface area contributed by atoms with E-state index in [1.807, 2.05) is 6.92 Å². The van der Waals surface area contributed by atoms with Crippen LogP contribution in [0.5, 0.6) is 0 Å². The van der Waals surface area contributed by atoms with Crippen LogP contribution < -0.4 is 14.9 Å². The van der Waals surface area contributed by atoms with Crippen molar-refractivity contribution in [1.29, 1.82) is 0 Å². The van der Waals surface area contributed by atoms with Gasteiger partial charge in [-0.1, -0.05) is 17.7 Å². The van der Waals surface area contributed by atoms with Gasteiger partial charge in [0.2, 0.25) is 0 Å². The molecule has 1 amide bonds. The Morgan fingerprint density at radius 2 is 1.61 bits per heavy atom. The molecule has 28 heavy (non-hydrogen) atoms. The summed E-state index contributed by atoms with van der Waals surface area (Å²) in [6.07, 6.45) is 1.84. The molecule has 1 heterocycles. The van der Waals surface area contributed by atoms with E-state index in [4.69, 9.17) is 0 Å². The zero-order valence-electron chi connectivity index (χ0n) is 16.0. The second-order valence-electron chi connectivity index (χ2n) is 6.83. The van der Waals surface area contributed by atoms with Crippen molar-refractivity contribution < 1.29 is 13.2 Å². The number of carbonyl (C=O) groups excluding carboxylic acids is 1. The molecule has 0 spiro atoms. The molecule has 1 aliphatic heterocycles. The minimum absolute atomic E-state index is 0. The van der Waals surface area contributed by atoms with E-state index in [1.165, 1.54) is 11.4 Å². The van der Waals surface area contributed by atoms with Crippen LogP contribution in [0.1, 0.15) is 28.8 Å². The SMILES string of the molecule is Cc1ccc(S(=O)(=O)N(C)c2ccc(C(=O)NC3CCNCC3)cc2)cc1.Cl. The Labute approximate surface area is 172 Å². The Morgan fingerprint density at radius 3 is 2.18 bits per heavy atom. The molecule has 1 aliphatic rings. The standard InChI is InChI=1S/C20H25N3O3S.ClH/c1-15-3-9-19(10-4-15)27(25,26)23(2)18-7-5-16(6-8-18)20(24)22-17-11-13-21-14-12-17;/h3-10,17,21H,11-14H2,1-2H3,(H,22,24);1H. The minimum atomic E-state index is -3.64. The molecule has 0 bridgehead atoms. The number of rotatable bonds is 5. The zero-order chi connectivity index (χ0) is 19.4. The number of anilines is 1. The Kier molecular flexibility index (Phi) is 7.46. The summed E-state index contributed by atoms with van der Waals surface area (Å²) >= 11 is 0. The predicted molar refractivity (Wildman–Crippen MR) is 114 cm³/mol. The smallest absolute Gasteiger partial charge is 0.264 e.